The van der Waals surface area contributed by atoms with E-state index in [0.29, 0.717) is 5.75 Å². The van der Waals surface area contributed by atoms with Gasteiger partial charge in [0.1, 0.15) is 10.7 Å². The molecule has 0 aliphatic rings. The zero-order chi connectivity index (χ0) is 8.81. The van der Waals surface area contributed by atoms with E-state index < -0.39 is 10.7 Å². The van der Waals surface area contributed by atoms with Crippen LogP contribution in [0.25, 0.3) is 0 Å². The fraction of sp³-hybridized carbons (Fsp3) is 0.333. The van der Waals surface area contributed by atoms with E-state index in [1.54, 1.807) is 0 Å². The summed E-state index contributed by atoms with van der Waals surface area (Å²) < 4.78 is 20.5. The minimum Gasteiger partial charge on any atom is -0.232 e. The predicted molar refractivity (Wildman–Crippen MR) is 49.9 cm³/mol. The minimum absolute atomic E-state index is 0.296. The molecule has 0 saturated carbocycles. The van der Waals surface area contributed by atoms with Gasteiger partial charge in [0.2, 0.25) is 0 Å². The maximum absolute atomic E-state index is 10.2. The van der Waals surface area contributed by atoms with Crippen LogP contribution in [0.3, 0.4) is 0 Å². The van der Waals surface area contributed by atoms with Gasteiger partial charge >= 0.3 is 0 Å². The van der Waals surface area contributed by atoms with Gasteiger partial charge in [-0.05, 0) is 18.4 Å². The Labute approximate surface area is 74.2 Å². The number of aryl methyl sites for hydroxylation is 1. The van der Waals surface area contributed by atoms with Crippen LogP contribution >= 0.6 is 0 Å². The molecule has 0 atom stereocenters. The second-order valence-electron chi connectivity index (χ2n) is 2.65. The van der Waals surface area contributed by atoms with E-state index in [1.807, 2.05) is 30.3 Å². The molecule has 0 heterocycles. The number of benzene rings is 1. The van der Waals surface area contributed by atoms with E-state index in [-0.39, 0.29) is 0 Å². The normalized spacial score (nSPS) is 10.4. The van der Waals surface area contributed by atoms with Crippen molar-refractivity contribution in [3.63, 3.8) is 0 Å². The van der Waals surface area contributed by atoms with E-state index in [1.165, 1.54) is 5.56 Å². The van der Waals surface area contributed by atoms with Crippen LogP contribution in [0.1, 0.15) is 12.0 Å². The van der Waals surface area contributed by atoms with E-state index in [2.05, 4.69) is 0 Å². The zero-order valence-electron chi connectivity index (χ0n) is 6.77. The summed E-state index contributed by atoms with van der Waals surface area (Å²) in [5.74, 6) is 0.296. The Bertz CT molecular complexity index is 283. The molecule has 0 bridgehead atoms. The topological polar surface area (TPSA) is 34.1 Å². The lowest BCUT2D eigenvalue weighted by molar-refractivity contribution is 0.612. The summed E-state index contributed by atoms with van der Waals surface area (Å²) >= 11 is 0. The molecule has 1 aromatic carbocycles. The average Bonchev–Trinajstić information content (AvgIpc) is 2.05. The van der Waals surface area contributed by atoms with Crippen molar-refractivity contribution in [1.82, 2.24) is 0 Å². The van der Waals surface area contributed by atoms with Gasteiger partial charge in [-0.1, -0.05) is 30.3 Å². The molecule has 0 N–H and O–H groups in total. The molecule has 3 heteroatoms. The molecule has 0 spiro atoms. The molecule has 12 heavy (non-hydrogen) atoms. The number of thiol groups is 1. The highest BCUT2D eigenvalue weighted by atomic mass is 32.2. The van der Waals surface area contributed by atoms with Gasteiger partial charge in [0.25, 0.3) is 0 Å². The first kappa shape index (κ1) is 9.26. The van der Waals surface area contributed by atoms with Crippen molar-refractivity contribution in [2.45, 2.75) is 12.8 Å². The third-order valence-corrected chi connectivity index (χ3v) is 2.33. The molecule has 0 radical (unpaired) electrons. The molecule has 0 aromatic heterocycles. The molecule has 0 aliphatic carbocycles. The summed E-state index contributed by atoms with van der Waals surface area (Å²) in [4.78, 5) is 0. The maximum atomic E-state index is 10.2. The quantitative estimate of drug-likeness (QED) is 0.714. The van der Waals surface area contributed by atoms with Crippen LogP contribution in [-0.4, -0.2) is 14.2 Å². The lowest BCUT2D eigenvalue weighted by atomic mass is 10.1. The fourth-order valence-electron chi connectivity index (χ4n) is 1.06. The third kappa shape index (κ3) is 3.53. The van der Waals surface area contributed by atoms with Crippen LogP contribution in [0.15, 0.2) is 30.3 Å². The molecular weight excluding hydrogens is 172 g/mol. The zero-order valence-corrected chi connectivity index (χ0v) is 7.67. The monoisotopic (exact) mass is 184 g/mol. The molecule has 1 rings (SSSR count). The van der Waals surface area contributed by atoms with Gasteiger partial charge in [-0.2, -0.15) is 0 Å². The van der Waals surface area contributed by atoms with Crippen molar-refractivity contribution in [3.8, 4) is 0 Å². The first-order valence-corrected chi connectivity index (χ1v) is 5.31. The van der Waals surface area contributed by atoms with Crippen LogP contribution in [0.5, 0.6) is 0 Å². The van der Waals surface area contributed by atoms with Gasteiger partial charge < -0.3 is 0 Å². The standard InChI is InChI=1S/C9H12O2S/c10-12(11)8-4-7-9-5-2-1-3-6-9/h1-3,5-6,12H,4,7-8H2. The molecule has 1 aromatic rings. The van der Waals surface area contributed by atoms with Gasteiger partial charge in [0, 0.05) is 5.75 Å². The molecule has 0 amide bonds. The Morgan fingerprint density at radius 2 is 1.75 bits per heavy atom. The highest BCUT2D eigenvalue weighted by Crippen LogP contribution is 2.01. The molecular formula is C9H12O2S. The largest absolute Gasteiger partial charge is 0.232 e. The van der Waals surface area contributed by atoms with Crippen LogP contribution in [0.2, 0.25) is 0 Å². The third-order valence-electron chi connectivity index (χ3n) is 1.65. The van der Waals surface area contributed by atoms with Gasteiger partial charge in [-0.25, -0.2) is 8.42 Å². The molecule has 0 fully saturated rings. The van der Waals surface area contributed by atoms with Gasteiger partial charge in [0.05, 0.1) is 0 Å². The van der Waals surface area contributed by atoms with Gasteiger partial charge in [-0.15, -0.1) is 0 Å². The number of hydrogen-bond donors (Lipinski definition) is 1. The van der Waals surface area contributed by atoms with Gasteiger partial charge in [0.15, 0.2) is 0 Å². The van der Waals surface area contributed by atoms with E-state index in [4.69, 9.17) is 0 Å². The minimum atomic E-state index is -2.20. The van der Waals surface area contributed by atoms with Crippen molar-refractivity contribution in [2.75, 3.05) is 5.75 Å². The van der Waals surface area contributed by atoms with Crippen LogP contribution in [-0.2, 0) is 17.1 Å². The molecule has 0 aliphatic heterocycles. The fourth-order valence-corrected chi connectivity index (χ4v) is 1.47. The second-order valence-corrected chi connectivity index (χ2v) is 3.76. The van der Waals surface area contributed by atoms with E-state index in [0.717, 1.165) is 12.8 Å². The first-order chi connectivity index (χ1) is 5.79. The molecule has 66 valence electrons. The lowest BCUT2D eigenvalue weighted by Gasteiger charge is -1.96. The molecule has 2 nitrogen and oxygen atoms in total. The van der Waals surface area contributed by atoms with Crippen LogP contribution in [0.4, 0.5) is 0 Å². The van der Waals surface area contributed by atoms with E-state index >= 15 is 0 Å². The summed E-state index contributed by atoms with van der Waals surface area (Å²) in [5, 5.41) is 0. The Kier molecular flexibility index (Phi) is 3.80. The highest BCUT2D eigenvalue weighted by molar-refractivity contribution is 7.72. The van der Waals surface area contributed by atoms with Crippen molar-refractivity contribution < 1.29 is 8.42 Å². The van der Waals surface area contributed by atoms with Crippen molar-refractivity contribution >= 4 is 10.7 Å². The average molecular weight is 184 g/mol. The highest BCUT2D eigenvalue weighted by Gasteiger charge is 1.92. The van der Waals surface area contributed by atoms with E-state index in [9.17, 15) is 8.42 Å². The summed E-state index contributed by atoms with van der Waals surface area (Å²) in [6, 6.07) is 9.91. The van der Waals surface area contributed by atoms with Crippen LogP contribution in [0, 0.1) is 0 Å². The van der Waals surface area contributed by atoms with Crippen molar-refractivity contribution in [3.05, 3.63) is 35.9 Å². The Balaban J connectivity index is 2.34. The Morgan fingerprint density at radius 1 is 1.08 bits per heavy atom. The summed E-state index contributed by atoms with van der Waals surface area (Å²) in [6.07, 6.45) is 1.58. The number of hydrogen-bond acceptors (Lipinski definition) is 2. The van der Waals surface area contributed by atoms with Crippen LogP contribution < -0.4 is 0 Å². The Morgan fingerprint density at radius 3 is 2.33 bits per heavy atom. The second kappa shape index (κ2) is 4.93. The SMILES string of the molecule is O=[SH](=O)CCCc1ccccc1. The maximum Gasteiger partial charge on any atom is 0.140 e. The van der Waals surface area contributed by atoms with Gasteiger partial charge in [-0.3, -0.25) is 0 Å². The Hall–Kier alpha value is -0.830. The van der Waals surface area contributed by atoms with Crippen molar-refractivity contribution in [2.24, 2.45) is 0 Å². The first-order valence-electron chi connectivity index (χ1n) is 3.95. The molecule has 0 unspecified atom stereocenters. The predicted octanol–water partition coefficient (Wildman–Crippen LogP) is 1.23. The smallest absolute Gasteiger partial charge is 0.140 e. The summed E-state index contributed by atoms with van der Waals surface area (Å²) in [7, 11) is -2.20. The summed E-state index contributed by atoms with van der Waals surface area (Å²) in [6.45, 7) is 0. The number of rotatable bonds is 4. The molecule has 0 saturated heterocycles. The summed E-state index contributed by atoms with van der Waals surface area (Å²) in [5.41, 5.74) is 1.20. The van der Waals surface area contributed by atoms with Crippen molar-refractivity contribution in [1.29, 1.82) is 0 Å². The lowest BCUT2D eigenvalue weighted by Crippen LogP contribution is -1.91.